The Hall–Kier alpha value is -1.10. The molecule has 5 heteroatoms. The number of carbonyl (C=O) groups is 2. The Morgan fingerprint density at radius 2 is 2.05 bits per heavy atom. The van der Waals surface area contributed by atoms with Crippen molar-refractivity contribution in [3.8, 4) is 0 Å². The lowest BCUT2D eigenvalue weighted by Crippen LogP contribution is -2.40. The van der Waals surface area contributed by atoms with E-state index in [1.165, 1.54) is 0 Å². The van der Waals surface area contributed by atoms with Crippen LogP contribution < -0.4 is 5.73 Å². The molecule has 1 rings (SSSR count). The fourth-order valence-corrected chi connectivity index (χ4v) is 2.82. The van der Waals surface area contributed by atoms with Gasteiger partial charge in [-0.3, -0.25) is 9.59 Å². The van der Waals surface area contributed by atoms with E-state index >= 15 is 0 Å². The van der Waals surface area contributed by atoms with Gasteiger partial charge in [0.05, 0.1) is 0 Å². The highest BCUT2D eigenvalue weighted by Gasteiger charge is 2.26. The molecule has 1 atom stereocenters. The Morgan fingerprint density at radius 3 is 2.65 bits per heavy atom. The van der Waals surface area contributed by atoms with Gasteiger partial charge in [0.25, 0.3) is 0 Å². The van der Waals surface area contributed by atoms with Crippen molar-refractivity contribution < 1.29 is 14.7 Å². The molecule has 1 amide bonds. The maximum absolute atomic E-state index is 12.2. The number of piperidine rings is 1. The van der Waals surface area contributed by atoms with Crippen molar-refractivity contribution in [3.63, 3.8) is 0 Å². The summed E-state index contributed by atoms with van der Waals surface area (Å²) in [6.45, 7) is 6.29. The summed E-state index contributed by atoms with van der Waals surface area (Å²) in [5.41, 5.74) is 5.68. The van der Waals surface area contributed by atoms with Gasteiger partial charge in [0.1, 0.15) is 0 Å². The number of aliphatic carboxylic acids is 1. The molecule has 116 valence electrons. The van der Waals surface area contributed by atoms with E-state index in [4.69, 9.17) is 10.8 Å². The first-order valence-electron chi connectivity index (χ1n) is 7.54. The van der Waals surface area contributed by atoms with Gasteiger partial charge in [0.15, 0.2) is 0 Å². The maximum Gasteiger partial charge on any atom is 0.303 e. The van der Waals surface area contributed by atoms with E-state index in [-0.39, 0.29) is 23.7 Å². The lowest BCUT2D eigenvalue weighted by molar-refractivity contribution is -0.140. The van der Waals surface area contributed by atoms with E-state index in [1.54, 1.807) is 0 Å². The number of carboxylic acid groups (broad SMARTS) is 1. The summed E-state index contributed by atoms with van der Waals surface area (Å²) in [4.78, 5) is 24.8. The van der Waals surface area contributed by atoms with Gasteiger partial charge < -0.3 is 15.7 Å². The second kappa shape index (κ2) is 7.62. The summed E-state index contributed by atoms with van der Waals surface area (Å²) < 4.78 is 0. The Kier molecular flexibility index (Phi) is 6.46. The molecule has 1 aliphatic rings. The second-order valence-electron chi connectivity index (χ2n) is 6.65. The van der Waals surface area contributed by atoms with Crippen molar-refractivity contribution in [1.29, 1.82) is 0 Å². The van der Waals surface area contributed by atoms with Gasteiger partial charge in [-0.2, -0.15) is 0 Å². The topological polar surface area (TPSA) is 83.6 Å². The quantitative estimate of drug-likeness (QED) is 0.747. The molecule has 0 aromatic carbocycles. The summed E-state index contributed by atoms with van der Waals surface area (Å²) in [5, 5.41) is 8.84. The van der Waals surface area contributed by atoms with E-state index in [0.717, 1.165) is 32.2 Å². The van der Waals surface area contributed by atoms with Gasteiger partial charge in [0.2, 0.25) is 5.91 Å². The van der Waals surface area contributed by atoms with Crippen LogP contribution in [0.2, 0.25) is 0 Å². The molecule has 0 aromatic rings. The molecule has 1 aliphatic heterocycles. The number of carboxylic acids is 1. The third-order valence-electron chi connectivity index (χ3n) is 4.17. The van der Waals surface area contributed by atoms with Crippen molar-refractivity contribution in [2.24, 2.45) is 17.1 Å². The minimum Gasteiger partial charge on any atom is -0.481 e. The smallest absolute Gasteiger partial charge is 0.303 e. The first-order valence-corrected chi connectivity index (χ1v) is 7.54. The van der Waals surface area contributed by atoms with Crippen LogP contribution >= 0.6 is 0 Å². The predicted molar refractivity (Wildman–Crippen MR) is 78.2 cm³/mol. The van der Waals surface area contributed by atoms with E-state index in [0.29, 0.717) is 19.5 Å². The lowest BCUT2D eigenvalue weighted by Gasteiger charge is -2.33. The van der Waals surface area contributed by atoms with E-state index in [2.05, 4.69) is 13.8 Å². The zero-order chi connectivity index (χ0) is 15.2. The summed E-state index contributed by atoms with van der Waals surface area (Å²) in [7, 11) is 0. The first-order chi connectivity index (χ1) is 9.34. The number of amides is 1. The molecule has 1 fully saturated rings. The average Bonchev–Trinajstić information content (AvgIpc) is 2.35. The molecule has 0 radical (unpaired) electrons. The minimum absolute atomic E-state index is 0.0979. The standard InChI is InChI=1S/C15H28N2O3/c1-15(2,7-8-16)6-5-13(18)17-9-3-4-12(11-17)10-14(19)20/h12H,3-11,16H2,1-2H3,(H,19,20). The molecule has 0 saturated carbocycles. The van der Waals surface area contributed by atoms with Crippen molar-refractivity contribution >= 4 is 11.9 Å². The fraction of sp³-hybridized carbons (Fsp3) is 0.867. The SMILES string of the molecule is CC(C)(CCN)CCC(=O)N1CCCC(CC(=O)O)C1. The van der Waals surface area contributed by atoms with Gasteiger partial charge in [0, 0.05) is 25.9 Å². The van der Waals surface area contributed by atoms with Gasteiger partial charge in [-0.15, -0.1) is 0 Å². The van der Waals surface area contributed by atoms with Crippen LogP contribution in [0.5, 0.6) is 0 Å². The van der Waals surface area contributed by atoms with Gasteiger partial charge in [-0.05, 0) is 43.6 Å². The van der Waals surface area contributed by atoms with Gasteiger partial charge in [-0.25, -0.2) is 0 Å². The zero-order valence-electron chi connectivity index (χ0n) is 12.7. The van der Waals surface area contributed by atoms with Crippen LogP contribution in [0.1, 0.15) is 52.4 Å². The summed E-state index contributed by atoms with van der Waals surface area (Å²) in [6, 6.07) is 0. The molecule has 1 heterocycles. The molecular weight excluding hydrogens is 256 g/mol. The Labute approximate surface area is 121 Å². The van der Waals surface area contributed by atoms with Crippen LogP contribution in [0.25, 0.3) is 0 Å². The molecule has 20 heavy (non-hydrogen) atoms. The van der Waals surface area contributed by atoms with Gasteiger partial charge >= 0.3 is 5.97 Å². The zero-order valence-corrected chi connectivity index (χ0v) is 12.7. The van der Waals surface area contributed by atoms with Crippen molar-refractivity contribution in [2.75, 3.05) is 19.6 Å². The highest BCUT2D eigenvalue weighted by atomic mass is 16.4. The number of rotatable bonds is 7. The number of likely N-dealkylation sites (tertiary alicyclic amines) is 1. The van der Waals surface area contributed by atoms with Crippen molar-refractivity contribution in [2.45, 2.75) is 52.4 Å². The minimum atomic E-state index is -0.770. The predicted octanol–water partition coefficient (Wildman–Crippen LogP) is 1.85. The number of hydrogen-bond donors (Lipinski definition) is 2. The Morgan fingerprint density at radius 1 is 1.35 bits per heavy atom. The van der Waals surface area contributed by atoms with Crippen LogP contribution in [-0.2, 0) is 9.59 Å². The third-order valence-corrected chi connectivity index (χ3v) is 4.17. The summed E-state index contributed by atoms with van der Waals surface area (Å²) in [6.07, 6.45) is 4.28. The normalized spacial score (nSPS) is 19.9. The van der Waals surface area contributed by atoms with Crippen LogP contribution in [0.3, 0.4) is 0 Å². The third kappa shape index (κ3) is 5.90. The molecule has 0 spiro atoms. The average molecular weight is 284 g/mol. The van der Waals surface area contributed by atoms with Crippen molar-refractivity contribution in [3.05, 3.63) is 0 Å². The molecule has 3 N–H and O–H groups in total. The van der Waals surface area contributed by atoms with E-state index < -0.39 is 5.97 Å². The Balaban J connectivity index is 2.41. The highest BCUT2D eigenvalue weighted by Crippen LogP contribution is 2.27. The van der Waals surface area contributed by atoms with Crippen molar-refractivity contribution in [1.82, 2.24) is 4.90 Å². The van der Waals surface area contributed by atoms with E-state index in [1.807, 2.05) is 4.90 Å². The second-order valence-corrected chi connectivity index (χ2v) is 6.65. The molecular formula is C15H28N2O3. The largest absolute Gasteiger partial charge is 0.481 e. The summed E-state index contributed by atoms with van der Waals surface area (Å²) >= 11 is 0. The molecule has 0 aromatic heterocycles. The number of nitrogens with two attached hydrogens (primary N) is 1. The number of carbonyl (C=O) groups excluding carboxylic acids is 1. The van der Waals surface area contributed by atoms with Gasteiger partial charge in [-0.1, -0.05) is 13.8 Å². The molecule has 5 nitrogen and oxygen atoms in total. The molecule has 1 saturated heterocycles. The van der Waals surface area contributed by atoms with Crippen LogP contribution in [0.4, 0.5) is 0 Å². The molecule has 0 aliphatic carbocycles. The molecule has 0 bridgehead atoms. The highest BCUT2D eigenvalue weighted by molar-refractivity contribution is 5.76. The van der Waals surface area contributed by atoms with Crippen LogP contribution in [-0.4, -0.2) is 41.5 Å². The van der Waals surface area contributed by atoms with Crippen LogP contribution in [0, 0.1) is 11.3 Å². The first kappa shape index (κ1) is 17.0. The van der Waals surface area contributed by atoms with Crippen LogP contribution in [0.15, 0.2) is 0 Å². The fourth-order valence-electron chi connectivity index (χ4n) is 2.82. The number of hydrogen-bond acceptors (Lipinski definition) is 3. The summed E-state index contributed by atoms with van der Waals surface area (Å²) in [5.74, 6) is -0.499. The maximum atomic E-state index is 12.2. The molecule has 1 unspecified atom stereocenters. The van der Waals surface area contributed by atoms with E-state index in [9.17, 15) is 9.59 Å². The lowest BCUT2D eigenvalue weighted by atomic mass is 9.84. The number of nitrogens with zero attached hydrogens (tertiary/aromatic N) is 1. The monoisotopic (exact) mass is 284 g/mol. The Bertz CT molecular complexity index is 342.